The highest BCUT2D eigenvalue weighted by Crippen LogP contribution is 2.24. The Kier molecular flexibility index (Phi) is 5.92. The molecule has 0 saturated heterocycles. The van der Waals surface area contributed by atoms with E-state index < -0.39 is 0 Å². The second kappa shape index (κ2) is 8.19. The average Bonchev–Trinajstić information content (AvgIpc) is 2.93. The number of esters is 1. The van der Waals surface area contributed by atoms with Crippen molar-refractivity contribution in [2.75, 3.05) is 6.61 Å². The summed E-state index contributed by atoms with van der Waals surface area (Å²) >= 11 is 4.79. The summed E-state index contributed by atoms with van der Waals surface area (Å²) in [4.78, 5) is 29.6. The summed E-state index contributed by atoms with van der Waals surface area (Å²) in [5, 5.41) is 0. The summed E-state index contributed by atoms with van der Waals surface area (Å²) in [6.07, 6.45) is 0. The number of nitrogens with zero attached hydrogens (tertiary/aromatic N) is 2. The van der Waals surface area contributed by atoms with Crippen LogP contribution in [-0.4, -0.2) is 23.1 Å². The van der Waals surface area contributed by atoms with Crippen molar-refractivity contribution in [1.82, 2.24) is 4.57 Å². The summed E-state index contributed by atoms with van der Waals surface area (Å²) < 4.78 is 8.54. The first-order valence-electron chi connectivity index (χ1n) is 8.50. The zero-order valence-electron chi connectivity index (χ0n) is 15.3. The SMILES string of the molecule is CCOC(=O)Cn1c(=NC(=O)c2ccccc2Br)sc2c(C)cc(C)cc21. The quantitative estimate of drug-likeness (QED) is 0.558. The number of ether oxygens (including phenoxy) is 1. The highest BCUT2D eigenvalue weighted by atomic mass is 79.9. The van der Waals surface area contributed by atoms with Crippen molar-refractivity contribution in [2.24, 2.45) is 4.99 Å². The fraction of sp³-hybridized carbons (Fsp3) is 0.250. The van der Waals surface area contributed by atoms with Crippen molar-refractivity contribution in [1.29, 1.82) is 0 Å². The van der Waals surface area contributed by atoms with Gasteiger partial charge in [0.1, 0.15) is 6.54 Å². The topological polar surface area (TPSA) is 60.7 Å². The van der Waals surface area contributed by atoms with Gasteiger partial charge < -0.3 is 9.30 Å². The smallest absolute Gasteiger partial charge is 0.326 e. The molecule has 1 amide bonds. The Morgan fingerprint density at radius 1 is 1.22 bits per heavy atom. The molecule has 1 heterocycles. The van der Waals surface area contributed by atoms with Gasteiger partial charge in [0.15, 0.2) is 4.80 Å². The molecule has 1 aromatic heterocycles. The van der Waals surface area contributed by atoms with E-state index in [2.05, 4.69) is 27.0 Å². The summed E-state index contributed by atoms with van der Waals surface area (Å²) in [6, 6.07) is 11.2. The maximum atomic E-state index is 12.7. The number of hydrogen-bond acceptors (Lipinski definition) is 4. The lowest BCUT2D eigenvalue weighted by atomic mass is 10.1. The maximum absolute atomic E-state index is 12.7. The van der Waals surface area contributed by atoms with E-state index in [0.29, 0.717) is 21.4 Å². The first kappa shape index (κ1) is 19.5. The lowest BCUT2D eigenvalue weighted by molar-refractivity contribution is -0.143. The van der Waals surface area contributed by atoms with Gasteiger partial charge in [0.2, 0.25) is 0 Å². The van der Waals surface area contributed by atoms with Crippen molar-refractivity contribution in [3.8, 4) is 0 Å². The van der Waals surface area contributed by atoms with Gasteiger partial charge >= 0.3 is 5.97 Å². The van der Waals surface area contributed by atoms with Gasteiger partial charge in [0, 0.05) is 4.47 Å². The van der Waals surface area contributed by atoms with Crippen LogP contribution in [0.4, 0.5) is 0 Å². The van der Waals surface area contributed by atoms with Gasteiger partial charge in [-0.1, -0.05) is 29.5 Å². The Morgan fingerprint density at radius 3 is 2.67 bits per heavy atom. The Balaban J connectivity index is 2.19. The maximum Gasteiger partial charge on any atom is 0.326 e. The van der Waals surface area contributed by atoms with Crippen LogP contribution < -0.4 is 4.80 Å². The van der Waals surface area contributed by atoms with Crippen LogP contribution >= 0.6 is 27.3 Å². The van der Waals surface area contributed by atoms with Gasteiger partial charge in [-0.15, -0.1) is 0 Å². The minimum Gasteiger partial charge on any atom is -0.465 e. The van der Waals surface area contributed by atoms with Crippen LogP contribution in [0.25, 0.3) is 10.2 Å². The second-order valence-electron chi connectivity index (χ2n) is 6.10. The minimum absolute atomic E-state index is 0.0127. The molecule has 0 atom stereocenters. The molecule has 3 aromatic rings. The second-order valence-corrected chi connectivity index (χ2v) is 7.93. The molecule has 0 radical (unpaired) electrons. The molecule has 3 rings (SSSR count). The Hall–Kier alpha value is -2.25. The largest absolute Gasteiger partial charge is 0.465 e. The number of benzene rings is 2. The van der Waals surface area contributed by atoms with E-state index in [4.69, 9.17) is 4.74 Å². The predicted octanol–water partition coefficient (Wildman–Crippen LogP) is 4.39. The molecular weight excluding hydrogens is 428 g/mol. The van der Waals surface area contributed by atoms with E-state index in [1.807, 2.05) is 26.0 Å². The fourth-order valence-corrected chi connectivity index (χ4v) is 4.40. The molecule has 0 spiro atoms. The number of rotatable bonds is 4. The number of carbonyl (C=O) groups is 2. The van der Waals surface area contributed by atoms with Gasteiger partial charge in [-0.05, 0) is 66.0 Å². The number of fused-ring (bicyclic) bond motifs is 1. The molecule has 0 aliphatic rings. The molecule has 2 aromatic carbocycles. The van der Waals surface area contributed by atoms with E-state index in [1.165, 1.54) is 11.3 Å². The van der Waals surface area contributed by atoms with E-state index in [9.17, 15) is 9.59 Å². The molecule has 5 nitrogen and oxygen atoms in total. The minimum atomic E-state index is -0.360. The van der Waals surface area contributed by atoms with Crippen molar-refractivity contribution in [3.63, 3.8) is 0 Å². The van der Waals surface area contributed by atoms with E-state index >= 15 is 0 Å². The third kappa shape index (κ3) is 4.20. The van der Waals surface area contributed by atoms with Crippen molar-refractivity contribution < 1.29 is 14.3 Å². The molecule has 0 fully saturated rings. The number of hydrogen-bond donors (Lipinski definition) is 0. The molecule has 27 heavy (non-hydrogen) atoms. The van der Waals surface area contributed by atoms with E-state index in [0.717, 1.165) is 21.3 Å². The molecule has 0 aliphatic heterocycles. The highest BCUT2D eigenvalue weighted by Gasteiger charge is 2.15. The van der Waals surface area contributed by atoms with Crippen LogP contribution in [-0.2, 0) is 16.1 Å². The van der Waals surface area contributed by atoms with Crippen LogP contribution in [0.2, 0.25) is 0 Å². The van der Waals surface area contributed by atoms with Gasteiger partial charge in [-0.2, -0.15) is 4.99 Å². The third-order valence-electron chi connectivity index (χ3n) is 4.01. The number of carbonyl (C=O) groups excluding carboxylic acids is 2. The summed E-state index contributed by atoms with van der Waals surface area (Å²) in [7, 11) is 0. The zero-order valence-corrected chi connectivity index (χ0v) is 17.7. The standard InChI is InChI=1S/C20H19BrN2O3S/c1-4-26-17(24)11-23-16-10-12(2)9-13(3)18(16)27-20(23)22-19(25)14-7-5-6-8-15(14)21/h5-10H,4,11H2,1-3H3. The van der Waals surface area contributed by atoms with Gasteiger partial charge in [-0.25, -0.2) is 0 Å². The van der Waals surface area contributed by atoms with E-state index in [-0.39, 0.29) is 18.4 Å². The van der Waals surface area contributed by atoms with Crippen molar-refractivity contribution in [2.45, 2.75) is 27.3 Å². The molecule has 0 saturated carbocycles. The first-order chi connectivity index (χ1) is 12.9. The van der Waals surface area contributed by atoms with Crippen LogP contribution in [0.1, 0.15) is 28.4 Å². The molecular formula is C20H19BrN2O3S. The first-order valence-corrected chi connectivity index (χ1v) is 10.1. The molecule has 140 valence electrons. The van der Waals surface area contributed by atoms with E-state index in [1.54, 1.807) is 29.7 Å². The molecule has 0 unspecified atom stereocenters. The lowest BCUT2D eigenvalue weighted by Crippen LogP contribution is -2.23. The monoisotopic (exact) mass is 446 g/mol. The zero-order chi connectivity index (χ0) is 19.6. The Morgan fingerprint density at radius 2 is 1.96 bits per heavy atom. The summed E-state index contributed by atoms with van der Waals surface area (Å²) in [5.41, 5.74) is 3.52. The predicted molar refractivity (Wildman–Crippen MR) is 110 cm³/mol. The molecule has 0 aliphatic carbocycles. The Bertz CT molecular complexity index is 1100. The normalized spacial score (nSPS) is 11.8. The van der Waals surface area contributed by atoms with Crippen LogP contribution in [0.3, 0.4) is 0 Å². The average molecular weight is 447 g/mol. The lowest BCUT2D eigenvalue weighted by Gasteiger charge is -2.06. The molecule has 7 heteroatoms. The number of aryl methyl sites for hydroxylation is 2. The number of halogens is 1. The van der Waals surface area contributed by atoms with Crippen LogP contribution in [0, 0.1) is 13.8 Å². The van der Waals surface area contributed by atoms with Crippen LogP contribution in [0.5, 0.6) is 0 Å². The van der Waals surface area contributed by atoms with Gasteiger partial charge in [-0.3, -0.25) is 9.59 Å². The Labute approximate surface area is 169 Å². The molecule has 0 N–H and O–H groups in total. The van der Waals surface area contributed by atoms with Crippen LogP contribution in [0.15, 0.2) is 45.9 Å². The number of amides is 1. The van der Waals surface area contributed by atoms with Gasteiger partial charge in [0.05, 0.1) is 22.4 Å². The van der Waals surface area contributed by atoms with Gasteiger partial charge in [0.25, 0.3) is 5.91 Å². The van der Waals surface area contributed by atoms with Crippen molar-refractivity contribution in [3.05, 3.63) is 62.4 Å². The molecule has 0 bridgehead atoms. The number of thiazole rings is 1. The van der Waals surface area contributed by atoms with Crippen molar-refractivity contribution >= 4 is 49.4 Å². The third-order valence-corrected chi connectivity index (χ3v) is 5.93. The number of aromatic nitrogens is 1. The highest BCUT2D eigenvalue weighted by molar-refractivity contribution is 9.10. The fourth-order valence-electron chi connectivity index (χ4n) is 2.87. The summed E-state index contributed by atoms with van der Waals surface area (Å²) in [5.74, 6) is -0.716. The summed E-state index contributed by atoms with van der Waals surface area (Å²) in [6.45, 7) is 6.10.